The number of carbonyl (C=O) groups excluding carboxylic acids is 2. The van der Waals surface area contributed by atoms with Gasteiger partial charge >= 0.3 is 5.97 Å². The summed E-state index contributed by atoms with van der Waals surface area (Å²) < 4.78 is 38.4. The maximum absolute atomic E-state index is 13.2. The Kier molecular flexibility index (Phi) is 8.86. The third-order valence-corrected chi connectivity index (χ3v) is 7.30. The molecule has 3 rings (SSSR count). The first-order valence-corrected chi connectivity index (χ1v) is 13.1. The maximum atomic E-state index is 13.2. The van der Waals surface area contributed by atoms with Gasteiger partial charge in [-0.25, -0.2) is 13.4 Å². The number of likely N-dealkylation sites (N-methyl/N-ethyl adjacent to an activating group) is 1. The van der Waals surface area contributed by atoms with Crippen LogP contribution in [0, 0.1) is 0 Å². The summed E-state index contributed by atoms with van der Waals surface area (Å²) in [5.41, 5.74) is -0.0314. The average Bonchev–Trinajstić information content (AvgIpc) is 2.83. The van der Waals surface area contributed by atoms with E-state index in [9.17, 15) is 18.0 Å². The van der Waals surface area contributed by atoms with Gasteiger partial charge in [-0.05, 0) is 30.7 Å². The minimum absolute atomic E-state index is 0.00500. The molecule has 0 radical (unpaired) electrons. The summed E-state index contributed by atoms with van der Waals surface area (Å²) in [7, 11) is -2.74. The van der Waals surface area contributed by atoms with E-state index in [1.165, 1.54) is 26.2 Å². The Hall–Kier alpha value is -3.40. The van der Waals surface area contributed by atoms with E-state index in [1.807, 2.05) is 0 Å². The highest BCUT2D eigenvalue weighted by molar-refractivity contribution is 7.89. The molecule has 188 valence electrons. The van der Waals surface area contributed by atoms with E-state index in [4.69, 9.17) is 9.47 Å². The number of nitrogens with one attached hydrogen (secondary N) is 1. The number of rotatable bonds is 11. The fraction of sp³-hybridized carbons (Fsp3) is 0.400. The lowest BCUT2D eigenvalue weighted by Gasteiger charge is -2.31. The van der Waals surface area contributed by atoms with Crippen molar-refractivity contribution in [2.75, 3.05) is 12.4 Å². The molecule has 0 spiro atoms. The van der Waals surface area contributed by atoms with Crippen LogP contribution in [0.3, 0.4) is 0 Å². The number of sulfonamides is 1. The van der Waals surface area contributed by atoms with Gasteiger partial charge in [0.2, 0.25) is 6.29 Å². The number of hydrogen-bond acceptors (Lipinski definition) is 7. The molecule has 0 aliphatic carbocycles. The van der Waals surface area contributed by atoms with E-state index in [0.29, 0.717) is 0 Å². The summed E-state index contributed by atoms with van der Waals surface area (Å²) in [6, 6.07) is 11.2. The lowest BCUT2D eigenvalue weighted by Crippen LogP contribution is -2.38. The van der Waals surface area contributed by atoms with Crippen molar-refractivity contribution in [1.29, 1.82) is 0 Å². The van der Waals surface area contributed by atoms with Crippen LogP contribution in [0.25, 0.3) is 5.76 Å². The summed E-state index contributed by atoms with van der Waals surface area (Å²) >= 11 is 0. The summed E-state index contributed by atoms with van der Waals surface area (Å²) in [5.74, 6) is -0.904. The van der Waals surface area contributed by atoms with Gasteiger partial charge < -0.3 is 14.8 Å². The highest BCUT2D eigenvalue weighted by Gasteiger charge is 2.39. The smallest absolute Gasteiger partial charge is 0.308 e. The Labute approximate surface area is 206 Å². The fourth-order valence-corrected chi connectivity index (χ4v) is 5.09. The number of amides is 1. The zero-order chi connectivity index (χ0) is 25.4. The zero-order valence-corrected chi connectivity index (χ0v) is 21.0. The molecule has 0 fully saturated rings. The Morgan fingerprint density at radius 3 is 2.49 bits per heavy atom. The van der Waals surface area contributed by atoms with Crippen molar-refractivity contribution in [3.63, 3.8) is 0 Å². The third-order valence-electron chi connectivity index (χ3n) is 5.49. The van der Waals surface area contributed by atoms with Gasteiger partial charge in [0, 0.05) is 32.2 Å². The first-order valence-electron chi connectivity index (χ1n) is 11.7. The van der Waals surface area contributed by atoms with Crippen molar-refractivity contribution in [3.05, 3.63) is 59.9 Å². The summed E-state index contributed by atoms with van der Waals surface area (Å²) in [6.07, 6.45) is 5.68. The van der Waals surface area contributed by atoms with Gasteiger partial charge in [0.25, 0.3) is 15.9 Å². The Bertz CT molecular complexity index is 1180. The maximum Gasteiger partial charge on any atom is 0.308 e. The fourth-order valence-electron chi connectivity index (χ4n) is 3.70. The van der Waals surface area contributed by atoms with Crippen LogP contribution in [-0.4, -0.2) is 42.9 Å². The van der Waals surface area contributed by atoms with Crippen LogP contribution in [-0.2, 0) is 29.1 Å². The molecule has 0 saturated heterocycles. The van der Waals surface area contributed by atoms with Crippen molar-refractivity contribution in [2.45, 2.75) is 63.6 Å². The molecule has 1 unspecified atom stereocenters. The molecule has 35 heavy (non-hydrogen) atoms. The predicted molar refractivity (Wildman–Crippen MR) is 131 cm³/mol. The number of fused-ring (bicyclic) bond motifs is 1. The first-order chi connectivity index (χ1) is 16.8. The van der Waals surface area contributed by atoms with Crippen LogP contribution in [0.2, 0.25) is 0 Å². The number of anilines is 1. The normalized spacial score (nSPS) is 15.2. The Morgan fingerprint density at radius 1 is 1.06 bits per heavy atom. The van der Waals surface area contributed by atoms with E-state index in [1.54, 1.807) is 36.4 Å². The number of hydrogen-bond donors (Lipinski definition) is 1. The molecular weight excluding hydrogens is 470 g/mol. The predicted octanol–water partition coefficient (Wildman–Crippen LogP) is 4.29. The van der Waals surface area contributed by atoms with Crippen LogP contribution in [0.5, 0.6) is 0 Å². The van der Waals surface area contributed by atoms with E-state index in [2.05, 4.69) is 17.2 Å². The molecule has 0 bridgehead atoms. The second-order valence-corrected chi connectivity index (χ2v) is 10.1. The number of esters is 1. The van der Waals surface area contributed by atoms with Crippen LogP contribution in [0.1, 0.15) is 57.9 Å². The molecule has 9 nitrogen and oxygen atoms in total. The number of carbonyl (C=O) groups is 2. The molecule has 1 N–H and O–H groups in total. The standard InChI is InChI=1S/C25H31N3O6S/c1-4-5-6-7-8-16-22(29)33-18(2)34-24-19-13-9-10-14-20(19)35(31,32)28(3)23(24)25(30)27-21-15-11-12-17-26-21/h9-15,17-18H,4-8,16H2,1-3H3,(H,26,27,30). The van der Waals surface area contributed by atoms with Crippen LogP contribution >= 0.6 is 0 Å². The van der Waals surface area contributed by atoms with Gasteiger partial charge in [0.05, 0.1) is 4.90 Å². The number of ether oxygens (including phenoxy) is 2. The van der Waals surface area contributed by atoms with E-state index < -0.39 is 28.2 Å². The Morgan fingerprint density at radius 2 is 1.77 bits per heavy atom. The van der Waals surface area contributed by atoms with Gasteiger partial charge in [-0.1, -0.05) is 50.8 Å². The number of benzene rings is 1. The lowest BCUT2D eigenvalue weighted by atomic mass is 10.1. The molecule has 0 saturated carbocycles. The molecular formula is C25H31N3O6S. The number of unbranched alkanes of at least 4 members (excludes halogenated alkanes) is 4. The third kappa shape index (κ3) is 6.39. The van der Waals surface area contributed by atoms with Gasteiger partial charge in [-0.15, -0.1) is 0 Å². The second kappa shape index (κ2) is 11.8. The Balaban J connectivity index is 1.86. The number of aromatic nitrogens is 1. The largest absolute Gasteiger partial charge is 0.452 e. The van der Waals surface area contributed by atoms with Crippen molar-refractivity contribution in [2.24, 2.45) is 0 Å². The molecule has 1 aliphatic rings. The quantitative estimate of drug-likeness (QED) is 0.277. The van der Waals surface area contributed by atoms with E-state index >= 15 is 0 Å². The van der Waals surface area contributed by atoms with Gasteiger partial charge in [0.15, 0.2) is 11.5 Å². The van der Waals surface area contributed by atoms with Gasteiger partial charge in [-0.2, -0.15) is 0 Å². The SMILES string of the molecule is CCCCCCCC(=O)OC(C)OC1=C(C(=O)Nc2ccccn2)N(C)S(=O)(=O)c2ccccc21. The van der Waals surface area contributed by atoms with Crippen LogP contribution in [0.15, 0.2) is 59.3 Å². The monoisotopic (exact) mass is 501 g/mol. The summed E-state index contributed by atoms with van der Waals surface area (Å²) in [6.45, 7) is 3.65. The van der Waals surface area contributed by atoms with Crippen molar-refractivity contribution < 1.29 is 27.5 Å². The molecule has 2 aromatic rings. The minimum atomic E-state index is -4.01. The average molecular weight is 502 g/mol. The molecule has 2 heterocycles. The van der Waals surface area contributed by atoms with Gasteiger partial charge in [-0.3, -0.25) is 13.9 Å². The molecule has 1 aliphatic heterocycles. The second-order valence-electron chi connectivity index (χ2n) is 8.16. The molecule has 1 atom stereocenters. The minimum Gasteiger partial charge on any atom is -0.452 e. The van der Waals surface area contributed by atoms with E-state index in [-0.39, 0.29) is 34.2 Å². The zero-order valence-electron chi connectivity index (χ0n) is 20.2. The topological polar surface area (TPSA) is 115 Å². The number of nitrogens with zero attached hydrogens (tertiary/aromatic N) is 2. The first kappa shape index (κ1) is 26.2. The summed E-state index contributed by atoms with van der Waals surface area (Å²) in [5, 5.41) is 2.60. The molecule has 10 heteroatoms. The van der Waals surface area contributed by atoms with E-state index in [0.717, 1.165) is 36.4 Å². The summed E-state index contributed by atoms with van der Waals surface area (Å²) in [4.78, 5) is 29.5. The molecule has 1 aromatic carbocycles. The number of pyridine rings is 1. The van der Waals surface area contributed by atoms with Crippen molar-refractivity contribution in [1.82, 2.24) is 9.29 Å². The van der Waals surface area contributed by atoms with Crippen LogP contribution < -0.4 is 5.32 Å². The highest BCUT2D eigenvalue weighted by atomic mass is 32.2. The molecule has 1 amide bonds. The molecule has 1 aromatic heterocycles. The lowest BCUT2D eigenvalue weighted by molar-refractivity contribution is -0.164. The van der Waals surface area contributed by atoms with Crippen LogP contribution in [0.4, 0.5) is 5.82 Å². The van der Waals surface area contributed by atoms with Crippen molar-refractivity contribution in [3.8, 4) is 0 Å². The van der Waals surface area contributed by atoms with Gasteiger partial charge in [0.1, 0.15) is 5.82 Å². The van der Waals surface area contributed by atoms with Crippen molar-refractivity contribution >= 4 is 33.5 Å². The highest BCUT2D eigenvalue weighted by Crippen LogP contribution is 2.37.